The van der Waals surface area contributed by atoms with Gasteiger partial charge >= 0.3 is 6.36 Å². The molecule has 30 heavy (non-hydrogen) atoms. The normalized spacial score (nSPS) is 10.9. The average Bonchev–Trinajstić information content (AvgIpc) is 2.69. The number of amides is 2. The van der Waals surface area contributed by atoms with Crippen molar-refractivity contribution in [3.63, 3.8) is 0 Å². The van der Waals surface area contributed by atoms with Gasteiger partial charge in [-0.3, -0.25) is 9.59 Å². The molecule has 0 aromatic heterocycles. The Labute approximate surface area is 170 Å². The summed E-state index contributed by atoms with van der Waals surface area (Å²) < 4.78 is 40.4. The van der Waals surface area contributed by atoms with Gasteiger partial charge in [-0.05, 0) is 48.0 Å². The van der Waals surface area contributed by atoms with Gasteiger partial charge in [0.25, 0.3) is 5.91 Å². The van der Waals surface area contributed by atoms with Crippen LogP contribution in [0.2, 0.25) is 0 Å². The zero-order valence-corrected chi connectivity index (χ0v) is 15.6. The Balaban J connectivity index is 1.58. The van der Waals surface area contributed by atoms with E-state index in [2.05, 4.69) is 15.4 Å². The highest BCUT2D eigenvalue weighted by atomic mass is 19.4. The summed E-state index contributed by atoms with van der Waals surface area (Å²) in [6.45, 7) is 0. The molecule has 0 saturated heterocycles. The minimum Gasteiger partial charge on any atom is -0.406 e. The van der Waals surface area contributed by atoms with E-state index in [1.54, 1.807) is 48.5 Å². The zero-order valence-electron chi connectivity index (χ0n) is 15.6. The maximum absolute atomic E-state index is 12.2. The van der Waals surface area contributed by atoms with Crippen molar-refractivity contribution < 1.29 is 27.5 Å². The van der Waals surface area contributed by atoms with Crippen LogP contribution in [-0.4, -0.2) is 18.2 Å². The van der Waals surface area contributed by atoms with Gasteiger partial charge in [0.15, 0.2) is 0 Å². The van der Waals surface area contributed by atoms with E-state index < -0.39 is 6.36 Å². The quantitative estimate of drug-likeness (QED) is 0.595. The van der Waals surface area contributed by atoms with Gasteiger partial charge in [-0.2, -0.15) is 0 Å². The smallest absolute Gasteiger partial charge is 0.406 e. The number of nitrogens with one attached hydrogen (secondary N) is 2. The Hall–Kier alpha value is -3.81. The van der Waals surface area contributed by atoms with E-state index in [1.165, 1.54) is 12.1 Å². The summed E-state index contributed by atoms with van der Waals surface area (Å²) in [6, 6.07) is 20.4. The minimum absolute atomic E-state index is 0.0348. The van der Waals surface area contributed by atoms with Crippen molar-refractivity contribution in [1.29, 1.82) is 0 Å². The summed E-state index contributed by atoms with van der Waals surface area (Å²) in [5.41, 5.74) is 2.01. The first-order chi connectivity index (χ1) is 14.3. The van der Waals surface area contributed by atoms with Crippen molar-refractivity contribution in [3.05, 3.63) is 90.0 Å². The molecule has 3 aromatic carbocycles. The monoisotopic (exact) mass is 414 g/mol. The molecule has 0 heterocycles. The maximum Gasteiger partial charge on any atom is 0.573 e. The van der Waals surface area contributed by atoms with Gasteiger partial charge in [-0.25, -0.2) is 0 Å². The molecule has 0 bridgehead atoms. The molecule has 8 heteroatoms. The summed E-state index contributed by atoms with van der Waals surface area (Å²) in [5.74, 6) is -0.986. The topological polar surface area (TPSA) is 67.4 Å². The highest BCUT2D eigenvalue weighted by Gasteiger charge is 2.30. The first kappa shape index (κ1) is 20.9. The molecule has 154 valence electrons. The van der Waals surface area contributed by atoms with E-state index in [0.29, 0.717) is 22.5 Å². The fraction of sp³-hybridized carbons (Fsp3) is 0.0909. The van der Waals surface area contributed by atoms with E-state index in [1.807, 2.05) is 6.07 Å². The predicted octanol–water partition coefficient (Wildman–Crippen LogP) is 5.02. The van der Waals surface area contributed by atoms with E-state index in [0.717, 1.165) is 12.1 Å². The van der Waals surface area contributed by atoms with Crippen LogP contribution in [0.1, 0.15) is 15.9 Å². The lowest BCUT2D eigenvalue weighted by Gasteiger charge is -2.10. The van der Waals surface area contributed by atoms with Crippen LogP contribution in [0.25, 0.3) is 0 Å². The fourth-order valence-corrected chi connectivity index (χ4v) is 2.67. The third-order valence-electron chi connectivity index (χ3n) is 3.96. The van der Waals surface area contributed by atoms with Gasteiger partial charge in [0, 0.05) is 16.9 Å². The molecule has 5 nitrogen and oxygen atoms in total. The van der Waals surface area contributed by atoms with Crippen LogP contribution < -0.4 is 15.4 Å². The Morgan fingerprint density at radius 2 is 1.43 bits per heavy atom. The standard InChI is InChI=1S/C22H17F3N2O3/c23-22(24,25)30-19-11-9-15(10-12-19)13-20(28)26-17-7-4-8-18(14-17)27-21(29)16-5-2-1-3-6-16/h1-12,14H,13H2,(H,26,28)(H,27,29). The molecule has 0 fully saturated rings. The van der Waals surface area contributed by atoms with Crippen molar-refractivity contribution in [2.45, 2.75) is 12.8 Å². The van der Waals surface area contributed by atoms with Crippen molar-refractivity contribution in [2.24, 2.45) is 0 Å². The highest BCUT2D eigenvalue weighted by Crippen LogP contribution is 2.23. The third-order valence-corrected chi connectivity index (χ3v) is 3.96. The second-order valence-electron chi connectivity index (χ2n) is 6.32. The van der Waals surface area contributed by atoms with Crippen LogP contribution in [0, 0.1) is 0 Å². The number of ether oxygens (including phenoxy) is 1. The molecule has 2 N–H and O–H groups in total. The van der Waals surface area contributed by atoms with Gasteiger partial charge in [-0.1, -0.05) is 36.4 Å². The molecule has 2 amide bonds. The van der Waals surface area contributed by atoms with Crippen LogP contribution in [0.15, 0.2) is 78.9 Å². The van der Waals surface area contributed by atoms with Crippen molar-refractivity contribution >= 4 is 23.2 Å². The minimum atomic E-state index is -4.76. The molecule has 3 aromatic rings. The number of halogens is 3. The van der Waals surface area contributed by atoms with Gasteiger partial charge < -0.3 is 15.4 Å². The second-order valence-corrected chi connectivity index (χ2v) is 6.32. The number of hydrogen-bond donors (Lipinski definition) is 2. The lowest BCUT2D eigenvalue weighted by Crippen LogP contribution is -2.17. The van der Waals surface area contributed by atoms with Gasteiger partial charge in [0.1, 0.15) is 5.75 Å². The van der Waals surface area contributed by atoms with Gasteiger partial charge in [0.2, 0.25) is 5.91 Å². The lowest BCUT2D eigenvalue weighted by atomic mass is 10.1. The van der Waals surface area contributed by atoms with Crippen LogP contribution in [0.3, 0.4) is 0 Å². The number of benzene rings is 3. The number of hydrogen-bond acceptors (Lipinski definition) is 3. The van der Waals surface area contributed by atoms with Crippen molar-refractivity contribution in [1.82, 2.24) is 0 Å². The number of anilines is 2. The highest BCUT2D eigenvalue weighted by molar-refractivity contribution is 6.04. The molecule has 0 aliphatic carbocycles. The molecule has 0 atom stereocenters. The summed E-state index contributed by atoms with van der Waals surface area (Å²) >= 11 is 0. The second kappa shape index (κ2) is 9.13. The molecule has 0 saturated carbocycles. The Morgan fingerprint density at radius 1 is 0.800 bits per heavy atom. The predicted molar refractivity (Wildman–Crippen MR) is 106 cm³/mol. The molecule has 0 spiro atoms. The average molecular weight is 414 g/mol. The first-order valence-corrected chi connectivity index (χ1v) is 8.89. The molecular formula is C22H17F3N2O3. The van der Waals surface area contributed by atoms with E-state index in [9.17, 15) is 22.8 Å². The molecule has 3 rings (SSSR count). The summed E-state index contributed by atoms with van der Waals surface area (Å²) in [6.07, 6.45) is -4.80. The van der Waals surface area contributed by atoms with Gasteiger partial charge in [-0.15, -0.1) is 13.2 Å². The van der Waals surface area contributed by atoms with E-state index in [-0.39, 0.29) is 24.0 Å². The Morgan fingerprint density at radius 3 is 2.07 bits per heavy atom. The Bertz CT molecular complexity index is 1020. The van der Waals surface area contributed by atoms with Gasteiger partial charge in [0.05, 0.1) is 6.42 Å². The molecule has 0 aliphatic heterocycles. The summed E-state index contributed by atoms with van der Waals surface area (Å²) in [7, 11) is 0. The molecule has 0 unspecified atom stereocenters. The number of alkyl halides is 3. The number of carbonyl (C=O) groups excluding carboxylic acids is 2. The SMILES string of the molecule is O=C(Cc1ccc(OC(F)(F)F)cc1)Nc1cccc(NC(=O)c2ccccc2)c1. The molecular weight excluding hydrogens is 397 g/mol. The molecule has 0 aliphatic rings. The first-order valence-electron chi connectivity index (χ1n) is 8.89. The fourth-order valence-electron chi connectivity index (χ4n) is 2.67. The zero-order chi connectivity index (χ0) is 21.6. The Kier molecular flexibility index (Phi) is 6.36. The number of carbonyl (C=O) groups is 2. The number of rotatable bonds is 6. The summed E-state index contributed by atoms with van der Waals surface area (Å²) in [4.78, 5) is 24.5. The maximum atomic E-state index is 12.2. The van der Waals surface area contributed by atoms with Crippen LogP contribution in [-0.2, 0) is 11.2 Å². The van der Waals surface area contributed by atoms with Crippen LogP contribution in [0.5, 0.6) is 5.75 Å². The van der Waals surface area contributed by atoms with E-state index >= 15 is 0 Å². The van der Waals surface area contributed by atoms with E-state index in [4.69, 9.17) is 0 Å². The lowest BCUT2D eigenvalue weighted by molar-refractivity contribution is -0.274. The third kappa shape index (κ3) is 6.37. The van der Waals surface area contributed by atoms with Crippen molar-refractivity contribution in [3.8, 4) is 5.75 Å². The van der Waals surface area contributed by atoms with Crippen LogP contribution in [0.4, 0.5) is 24.5 Å². The van der Waals surface area contributed by atoms with Crippen molar-refractivity contribution in [2.75, 3.05) is 10.6 Å². The largest absolute Gasteiger partial charge is 0.573 e. The molecule has 0 radical (unpaired) electrons. The summed E-state index contributed by atoms with van der Waals surface area (Å²) in [5, 5.41) is 5.45. The van der Waals surface area contributed by atoms with Crippen LogP contribution >= 0.6 is 0 Å².